The van der Waals surface area contributed by atoms with Crippen LogP contribution in [0.25, 0.3) is 0 Å². The molecule has 0 aromatic heterocycles. The Labute approximate surface area is 189 Å². The molecule has 1 aliphatic carbocycles. The third kappa shape index (κ3) is 5.12. The minimum atomic E-state index is -0.697. The summed E-state index contributed by atoms with van der Waals surface area (Å²) in [6.45, 7) is 7.54. The highest BCUT2D eigenvalue weighted by Crippen LogP contribution is 2.52. The summed E-state index contributed by atoms with van der Waals surface area (Å²) in [4.78, 5) is 28.4. The molecule has 3 amide bonds. The van der Waals surface area contributed by atoms with E-state index in [1.165, 1.54) is 18.2 Å². The molecule has 2 aliphatic rings. The van der Waals surface area contributed by atoms with Crippen LogP contribution in [0.5, 0.6) is 0 Å². The first-order valence-corrected chi connectivity index (χ1v) is 11.3. The first kappa shape index (κ1) is 22.3. The van der Waals surface area contributed by atoms with Gasteiger partial charge in [-0.05, 0) is 53.9 Å². The SMILES string of the molecule is CC1(C)CC2CC(C)(CN2C(=O)C(Cc2ccccc2)NC(=O)Nc2cccc(F)c2)C1. The number of halogens is 1. The second kappa shape index (κ2) is 8.57. The molecule has 1 heterocycles. The summed E-state index contributed by atoms with van der Waals surface area (Å²) in [6, 6.07) is 14.4. The van der Waals surface area contributed by atoms with E-state index < -0.39 is 17.9 Å². The van der Waals surface area contributed by atoms with E-state index in [9.17, 15) is 14.0 Å². The number of urea groups is 1. The van der Waals surface area contributed by atoms with Crippen LogP contribution in [0.15, 0.2) is 54.6 Å². The Morgan fingerprint density at radius 2 is 1.84 bits per heavy atom. The first-order valence-electron chi connectivity index (χ1n) is 11.3. The maximum atomic E-state index is 13.7. The summed E-state index contributed by atoms with van der Waals surface area (Å²) in [5.41, 5.74) is 1.64. The summed E-state index contributed by atoms with van der Waals surface area (Å²) < 4.78 is 13.5. The minimum absolute atomic E-state index is 0.0466. The normalized spacial score (nSPS) is 24.6. The number of fused-ring (bicyclic) bond motifs is 2. The molecule has 2 N–H and O–H groups in total. The highest BCUT2D eigenvalue weighted by atomic mass is 19.1. The molecule has 3 unspecified atom stereocenters. The van der Waals surface area contributed by atoms with Crippen LogP contribution >= 0.6 is 0 Å². The van der Waals surface area contributed by atoms with E-state index in [0.29, 0.717) is 12.1 Å². The van der Waals surface area contributed by atoms with Crippen LogP contribution in [0.4, 0.5) is 14.9 Å². The van der Waals surface area contributed by atoms with Crippen molar-refractivity contribution in [3.8, 4) is 0 Å². The predicted octanol–water partition coefficient (Wildman–Crippen LogP) is 4.99. The molecule has 5 nitrogen and oxygen atoms in total. The number of nitrogens with one attached hydrogen (secondary N) is 2. The largest absolute Gasteiger partial charge is 0.337 e. The second-order valence-electron chi connectivity index (χ2n) is 10.5. The number of benzene rings is 2. The van der Waals surface area contributed by atoms with Gasteiger partial charge in [0.05, 0.1) is 0 Å². The lowest BCUT2D eigenvalue weighted by atomic mass is 9.65. The zero-order valence-corrected chi connectivity index (χ0v) is 19.0. The van der Waals surface area contributed by atoms with Gasteiger partial charge in [0.15, 0.2) is 0 Å². The lowest BCUT2D eigenvalue weighted by Crippen LogP contribution is -2.52. The van der Waals surface area contributed by atoms with Gasteiger partial charge in [0.2, 0.25) is 5.91 Å². The molecule has 2 aromatic carbocycles. The molecule has 3 atom stereocenters. The molecule has 2 aromatic rings. The van der Waals surface area contributed by atoms with Crippen LogP contribution in [-0.2, 0) is 11.2 Å². The van der Waals surface area contributed by atoms with Gasteiger partial charge in [0.25, 0.3) is 0 Å². The predicted molar refractivity (Wildman–Crippen MR) is 124 cm³/mol. The number of rotatable bonds is 5. The Morgan fingerprint density at radius 3 is 2.56 bits per heavy atom. The van der Waals surface area contributed by atoms with E-state index in [4.69, 9.17) is 0 Å². The Kier molecular flexibility index (Phi) is 5.97. The number of carbonyl (C=O) groups is 2. The molecule has 0 spiro atoms. The van der Waals surface area contributed by atoms with Gasteiger partial charge >= 0.3 is 6.03 Å². The van der Waals surface area contributed by atoms with Gasteiger partial charge in [-0.3, -0.25) is 4.79 Å². The number of carbonyl (C=O) groups excluding carboxylic acids is 2. The quantitative estimate of drug-likeness (QED) is 0.693. The van der Waals surface area contributed by atoms with Gasteiger partial charge in [-0.15, -0.1) is 0 Å². The average molecular weight is 438 g/mol. The van der Waals surface area contributed by atoms with E-state index in [0.717, 1.165) is 31.4 Å². The fourth-order valence-corrected chi connectivity index (χ4v) is 5.86. The molecule has 32 heavy (non-hydrogen) atoms. The zero-order valence-electron chi connectivity index (χ0n) is 19.0. The van der Waals surface area contributed by atoms with Crippen LogP contribution < -0.4 is 10.6 Å². The van der Waals surface area contributed by atoms with E-state index in [1.54, 1.807) is 6.07 Å². The van der Waals surface area contributed by atoms with Crippen molar-refractivity contribution in [2.45, 2.75) is 58.5 Å². The summed E-state index contributed by atoms with van der Waals surface area (Å²) in [5, 5.41) is 5.51. The summed E-state index contributed by atoms with van der Waals surface area (Å²) in [7, 11) is 0. The Balaban J connectivity index is 1.52. The number of likely N-dealkylation sites (tertiary alicyclic amines) is 1. The van der Waals surface area contributed by atoms with Crippen molar-refractivity contribution >= 4 is 17.6 Å². The van der Waals surface area contributed by atoms with Crippen LogP contribution in [-0.4, -0.2) is 35.5 Å². The van der Waals surface area contributed by atoms with Crippen LogP contribution in [0.2, 0.25) is 0 Å². The highest BCUT2D eigenvalue weighted by molar-refractivity contribution is 5.94. The Bertz CT molecular complexity index is 994. The van der Waals surface area contributed by atoms with Crippen molar-refractivity contribution in [3.05, 3.63) is 66.0 Å². The standard InChI is InChI=1S/C26H32FN3O2/c1-25(2)14-21-15-26(3,16-25)17-30(21)23(31)22(12-18-8-5-4-6-9-18)29-24(32)28-20-11-7-10-19(27)13-20/h4-11,13,21-22H,12,14-17H2,1-3H3,(H2,28,29,32). The van der Waals surface area contributed by atoms with Crippen molar-refractivity contribution in [3.63, 3.8) is 0 Å². The molecule has 4 rings (SSSR count). The van der Waals surface area contributed by atoms with Crippen molar-refractivity contribution in [1.29, 1.82) is 0 Å². The number of anilines is 1. The molecule has 0 radical (unpaired) electrons. The average Bonchev–Trinajstić information content (AvgIpc) is 2.96. The molecular weight excluding hydrogens is 405 g/mol. The highest BCUT2D eigenvalue weighted by Gasteiger charge is 2.51. The Hall–Kier alpha value is -2.89. The minimum Gasteiger partial charge on any atom is -0.337 e. The fraction of sp³-hybridized carbons (Fsp3) is 0.462. The summed E-state index contributed by atoms with van der Waals surface area (Å²) in [6.07, 6.45) is 3.48. The molecule has 1 saturated carbocycles. The topological polar surface area (TPSA) is 61.4 Å². The van der Waals surface area contributed by atoms with Crippen molar-refractivity contribution in [1.82, 2.24) is 10.2 Å². The summed E-state index contributed by atoms with van der Waals surface area (Å²) >= 11 is 0. The van der Waals surface area contributed by atoms with Crippen molar-refractivity contribution in [2.24, 2.45) is 10.8 Å². The molecule has 1 aliphatic heterocycles. The van der Waals surface area contributed by atoms with Crippen LogP contribution in [0.3, 0.4) is 0 Å². The number of nitrogens with zero attached hydrogens (tertiary/aromatic N) is 1. The fourth-order valence-electron chi connectivity index (χ4n) is 5.86. The van der Waals surface area contributed by atoms with E-state index in [1.807, 2.05) is 35.2 Å². The monoisotopic (exact) mass is 437 g/mol. The Morgan fingerprint density at radius 1 is 1.09 bits per heavy atom. The second-order valence-corrected chi connectivity index (χ2v) is 10.5. The van der Waals surface area contributed by atoms with Gasteiger partial charge in [0.1, 0.15) is 11.9 Å². The first-order chi connectivity index (χ1) is 15.1. The lowest BCUT2D eigenvalue weighted by Gasteiger charge is -2.39. The van der Waals surface area contributed by atoms with Gasteiger partial charge in [0, 0.05) is 24.7 Å². The number of amides is 3. The number of hydrogen-bond acceptors (Lipinski definition) is 2. The van der Waals surface area contributed by atoms with Crippen molar-refractivity contribution < 1.29 is 14.0 Å². The maximum absolute atomic E-state index is 13.7. The molecule has 2 fully saturated rings. The van der Waals surface area contributed by atoms with Gasteiger partial charge < -0.3 is 15.5 Å². The van der Waals surface area contributed by atoms with E-state index in [-0.39, 0.29) is 22.8 Å². The molecule has 1 saturated heterocycles. The van der Waals surface area contributed by atoms with Gasteiger partial charge in [-0.1, -0.05) is 57.2 Å². The molecule has 6 heteroatoms. The third-order valence-corrected chi connectivity index (χ3v) is 6.67. The van der Waals surface area contributed by atoms with Crippen LogP contribution in [0.1, 0.15) is 45.6 Å². The molecule has 2 bridgehead atoms. The number of hydrogen-bond donors (Lipinski definition) is 2. The van der Waals surface area contributed by atoms with Crippen LogP contribution in [0, 0.1) is 16.6 Å². The smallest absolute Gasteiger partial charge is 0.319 e. The molecular formula is C26H32FN3O2. The van der Waals surface area contributed by atoms with Crippen molar-refractivity contribution in [2.75, 3.05) is 11.9 Å². The molecule has 170 valence electrons. The van der Waals surface area contributed by atoms with Gasteiger partial charge in [-0.2, -0.15) is 0 Å². The zero-order chi connectivity index (χ0) is 22.9. The van der Waals surface area contributed by atoms with E-state index in [2.05, 4.69) is 31.4 Å². The summed E-state index contributed by atoms with van der Waals surface area (Å²) in [5.74, 6) is -0.477. The third-order valence-electron chi connectivity index (χ3n) is 6.67. The van der Waals surface area contributed by atoms with Gasteiger partial charge in [-0.25, -0.2) is 9.18 Å². The maximum Gasteiger partial charge on any atom is 0.319 e. The van der Waals surface area contributed by atoms with E-state index >= 15 is 0 Å². The lowest BCUT2D eigenvalue weighted by molar-refractivity contribution is -0.134.